The summed E-state index contributed by atoms with van der Waals surface area (Å²) >= 11 is 0. The van der Waals surface area contributed by atoms with Crippen molar-refractivity contribution in [3.05, 3.63) is 47.9 Å². The minimum Gasteiger partial charge on any atom is -0.469 e. The molecule has 1 atom stereocenters. The smallest absolute Gasteiger partial charge is 0.255 e. The maximum Gasteiger partial charge on any atom is 0.255 e. The van der Waals surface area contributed by atoms with Crippen LogP contribution in [0.25, 0.3) is 0 Å². The first-order valence-electron chi connectivity index (χ1n) is 8.55. The first-order valence-corrected chi connectivity index (χ1v) is 8.55. The van der Waals surface area contributed by atoms with Crippen LogP contribution in [-0.4, -0.2) is 30.9 Å². The molecule has 2 N–H and O–H groups in total. The number of anilines is 2. The minimum absolute atomic E-state index is 0.256. The van der Waals surface area contributed by atoms with E-state index in [0.717, 1.165) is 24.5 Å². The summed E-state index contributed by atoms with van der Waals surface area (Å²) in [7, 11) is 0. The summed E-state index contributed by atoms with van der Waals surface area (Å²) in [5.74, 6) is -0.0452. The zero-order chi connectivity index (χ0) is 17.8. The van der Waals surface area contributed by atoms with Crippen molar-refractivity contribution >= 4 is 23.2 Å². The van der Waals surface area contributed by atoms with Gasteiger partial charge >= 0.3 is 0 Å². The lowest BCUT2D eigenvalue weighted by atomic mass is 10.2. The van der Waals surface area contributed by atoms with Gasteiger partial charge in [0.05, 0.1) is 11.8 Å². The number of benzene rings is 1. The monoisotopic (exact) mass is 341 g/mol. The standard InChI is InChI=1S/C19H23N3O3/c1-13(20-19(24)17-8-11-25-14(17)2)18(23)21-15-6-5-7-16(12-15)22-9-3-4-10-22/h5-8,11-13H,3-4,9-10H2,1-2H3,(H,20,24)(H,21,23). The molecule has 0 bridgehead atoms. The van der Waals surface area contributed by atoms with Crippen molar-refractivity contribution in [2.24, 2.45) is 0 Å². The van der Waals surface area contributed by atoms with E-state index in [1.165, 1.54) is 19.1 Å². The highest BCUT2D eigenvalue weighted by Crippen LogP contribution is 2.23. The Bertz CT molecular complexity index is 763. The molecule has 1 aliphatic rings. The second kappa shape index (κ2) is 7.42. The van der Waals surface area contributed by atoms with E-state index in [0.29, 0.717) is 11.3 Å². The van der Waals surface area contributed by atoms with Crippen LogP contribution < -0.4 is 15.5 Å². The predicted octanol–water partition coefficient (Wildman–Crippen LogP) is 2.95. The van der Waals surface area contributed by atoms with Crippen molar-refractivity contribution in [3.8, 4) is 0 Å². The summed E-state index contributed by atoms with van der Waals surface area (Å²) < 4.78 is 5.12. The van der Waals surface area contributed by atoms with Gasteiger partial charge in [-0.05, 0) is 51.0 Å². The van der Waals surface area contributed by atoms with Crippen molar-refractivity contribution in [1.29, 1.82) is 0 Å². The van der Waals surface area contributed by atoms with Gasteiger partial charge in [0.2, 0.25) is 5.91 Å². The normalized spacial score (nSPS) is 15.0. The number of hydrogen-bond acceptors (Lipinski definition) is 4. The Kier molecular flexibility index (Phi) is 5.07. The molecule has 1 aliphatic heterocycles. The third-order valence-electron chi connectivity index (χ3n) is 4.43. The molecule has 0 saturated carbocycles. The average Bonchev–Trinajstić information content (AvgIpc) is 3.26. The number of nitrogens with one attached hydrogen (secondary N) is 2. The first-order chi connectivity index (χ1) is 12.0. The van der Waals surface area contributed by atoms with Crippen LogP contribution in [0.4, 0.5) is 11.4 Å². The fourth-order valence-electron chi connectivity index (χ4n) is 2.97. The molecule has 0 spiro atoms. The first kappa shape index (κ1) is 17.1. The number of carbonyl (C=O) groups is 2. The summed E-state index contributed by atoms with van der Waals surface area (Å²) in [6, 6.07) is 8.74. The second-order valence-electron chi connectivity index (χ2n) is 6.32. The Hall–Kier alpha value is -2.76. The predicted molar refractivity (Wildman–Crippen MR) is 96.9 cm³/mol. The second-order valence-corrected chi connectivity index (χ2v) is 6.32. The molecule has 1 saturated heterocycles. The highest BCUT2D eigenvalue weighted by molar-refractivity contribution is 6.01. The van der Waals surface area contributed by atoms with Crippen LogP contribution in [0, 0.1) is 6.92 Å². The number of rotatable bonds is 5. The SMILES string of the molecule is Cc1occc1C(=O)NC(C)C(=O)Nc1cccc(N2CCCC2)c1. The summed E-state index contributed by atoms with van der Waals surface area (Å²) in [6.45, 7) is 5.47. The molecule has 1 aromatic heterocycles. The number of aryl methyl sites for hydroxylation is 1. The lowest BCUT2D eigenvalue weighted by Crippen LogP contribution is -2.41. The fourth-order valence-corrected chi connectivity index (χ4v) is 2.97. The molecule has 1 aromatic carbocycles. The molecule has 0 aliphatic carbocycles. The van der Waals surface area contributed by atoms with Crippen molar-refractivity contribution in [2.75, 3.05) is 23.3 Å². The number of carbonyl (C=O) groups excluding carboxylic acids is 2. The van der Waals surface area contributed by atoms with E-state index < -0.39 is 6.04 Å². The molecule has 2 heterocycles. The van der Waals surface area contributed by atoms with E-state index in [-0.39, 0.29) is 11.8 Å². The average molecular weight is 341 g/mol. The number of hydrogen-bond donors (Lipinski definition) is 2. The van der Waals surface area contributed by atoms with Gasteiger partial charge in [-0.2, -0.15) is 0 Å². The molecule has 2 aromatic rings. The quantitative estimate of drug-likeness (QED) is 0.877. The van der Waals surface area contributed by atoms with Crippen LogP contribution in [0.2, 0.25) is 0 Å². The van der Waals surface area contributed by atoms with Crippen LogP contribution in [-0.2, 0) is 4.79 Å². The lowest BCUT2D eigenvalue weighted by molar-refractivity contribution is -0.117. The van der Waals surface area contributed by atoms with Crippen molar-refractivity contribution in [3.63, 3.8) is 0 Å². The van der Waals surface area contributed by atoms with Gasteiger partial charge in [-0.3, -0.25) is 9.59 Å². The van der Waals surface area contributed by atoms with Crippen molar-refractivity contribution < 1.29 is 14.0 Å². The Balaban J connectivity index is 1.60. The van der Waals surface area contributed by atoms with Gasteiger partial charge in [0.25, 0.3) is 5.91 Å². The summed E-state index contributed by atoms with van der Waals surface area (Å²) in [5.41, 5.74) is 2.28. The lowest BCUT2D eigenvalue weighted by Gasteiger charge is -2.19. The Morgan fingerprint density at radius 1 is 1.20 bits per heavy atom. The van der Waals surface area contributed by atoms with Crippen molar-refractivity contribution in [2.45, 2.75) is 32.7 Å². The molecule has 1 fully saturated rings. The summed E-state index contributed by atoms with van der Waals surface area (Å²) in [4.78, 5) is 26.8. The molecular weight excluding hydrogens is 318 g/mol. The van der Waals surface area contributed by atoms with Crippen LogP contribution in [0.15, 0.2) is 41.0 Å². The van der Waals surface area contributed by atoms with Gasteiger partial charge in [-0.15, -0.1) is 0 Å². The van der Waals surface area contributed by atoms with Gasteiger partial charge in [0, 0.05) is 24.5 Å². The number of nitrogens with zero attached hydrogens (tertiary/aromatic N) is 1. The zero-order valence-corrected chi connectivity index (χ0v) is 14.5. The van der Waals surface area contributed by atoms with Gasteiger partial charge in [-0.1, -0.05) is 6.07 Å². The molecule has 1 unspecified atom stereocenters. The van der Waals surface area contributed by atoms with Crippen molar-refractivity contribution in [1.82, 2.24) is 5.32 Å². The van der Waals surface area contributed by atoms with E-state index in [4.69, 9.17) is 4.42 Å². The zero-order valence-electron chi connectivity index (χ0n) is 14.5. The molecule has 132 valence electrons. The highest BCUT2D eigenvalue weighted by Gasteiger charge is 2.19. The van der Waals surface area contributed by atoms with E-state index in [1.54, 1.807) is 19.9 Å². The van der Waals surface area contributed by atoms with Crippen LogP contribution in [0.3, 0.4) is 0 Å². The van der Waals surface area contributed by atoms with Crippen LogP contribution in [0.1, 0.15) is 35.9 Å². The largest absolute Gasteiger partial charge is 0.469 e. The minimum atomic E-state index is -0.655. The third-order valence-corrected chi connectivity index (χ3v) is 4.43. The Morgan fingerprint density at radius 3 is 2.64 bits per heavy atom. The van der Waals surface area contributed by atoms with Crippen LogP contribution in [0.5, 0.6) is 0 Å². The molecule has 6 nitrogen and oxygen atoms in total. The van der Waals surface area contributed by atoms with E-state index in [1.807, 2.05) is 24.3 Å². The molecule has 25 heavy (non-hydrogen) atoms. The van der Waals surface area contributed by atoms with E-state index >= 15 is 0 Å². The molecule has 2 amide bonds. The van der Waals surface area contributed by atoms with Gasteiger partial charge in [-0.25, -0.2) is 0 Å². The Labute approximate surface area is 147 Å². The topological polar surface area (TPSA) is 74.6 Å². The van der Waals surface area contributed by atoms with E-state index in [9.17, 15) is 9.59 Å². The summed E-state index contributed by atoms with van der Waals surface area (Å²) in [6.07, 6.45) is 3.86. The van der Waals surface area contributed by atoms with Crippen LogP contribution >= 0.6 is 0 Å². The fraction of sp³-hybridized carbons (Fsp3) is 0.368. The van der Waals surface area contributed by atoms with Gasteiger partial charge in [0.15, 0.2) is 0 Å². The molecule has 0 radical (unpaired) electrons. The number of furan rings is 1. The maximum absolute atomic E-state index is 12.4. The summed E-state index contributed by atoms with van der Waals surface area (Å²) in [5, 5.41) is 5.56. The number of amides is 2. The highest BCUT2D eigenvalue weighted by atomic mass is 16.3. The maximum atomic E-state index is 12.4. The molecule has 3 rings (SSSR count). The molecular formula is C19H23N3O3. The van der Waals surface area contributed by atoms with E-state index in [2.05, 4.69) is 15.5 Å². The molecule has 6 heteroatoms. The van der Waals surface area contributed by atoms with Gasteiger partial charge < -0.3 is 20.0 Å². The third kappa shape index (κ3) is 4.02. The van der Waals surface area contributed by atoms with Gasteiger partial charge in [0.1, 0.15) is 11.8 Å². The Morgan fingerprint density at radius 2 is 1.96 bits per heavy atom.